The SMILES string of the molecule is COc1ccc2nnc(C3CCN(Cc4cc(C)[nH]n4)CC3)n2n1. The second-order valence-corrected chi connectivity index (χ2v) is 6.30. The van der Waals surface area contributed by atoms with E-state index in [1.165, 1.54) is 0 Å². The first-order chi connectivity index (χ1) is 11.7. The summed E-state index contributed by atoms with van der Waals surface area (Å²) in [5.74, 6) is 1.88. The number of nitrogens with one attached hydrogen (secondary N) is 1. The highest BCUT2D eigenvalue weighted by molar-refractivity contribution is 5.38. The minimum atomic E-state index is 0.372. The summed E-state index contributed by atoms with van der Waals surface area (Å²) in [5, 5.41) is 20.4. The maximum atomic E-state index is 5.21. The molecule has 0 radical (unpaired) electrons. The molecule has 4 rings (SSSR count). The summed E-state index contributed by atoms with van der Waals surface area (Å²) in [7, 11) is 1.62. The van der Waals surface area contributed by atoms with Crippen LogP contribution in [0.15, 0.2) is 18.2 Å². The average Bonchev–Trinajstić information content (AvgIpc) is 3.21. The van der Waals surface area contributed by atoms with Crippen LogP contribution in [0.25, 0.3) is 5.65 Å². The van der Waals surface area contributed by atoms with Crippen LogP contribution in [0.1, 0.15) is 36.0 Å². The fourth-order valence-electron chi connectivity index (χ4n) is 3.29. The summed E-state index contributed by atoms with van der Waals surface area (Å²) in [6.07, 6.45) is 2.09. The lowest BCUT2D eigenvalue weighted by Crippen LogP contribution is -2.33. The fourth-order valence-corrected chi connectivity index (χ4v) is 3.29. The Hall–Kier alpha value is -2.48. The number of H-pyrrole nitrogens is 1. The number of fused-ring (bicyclic) bond motifs is 1. The highest BCUT2D eigenvalue weighted by Gasteiger charge is 2.25. The second-order valence-electron chi connectivity index (χ2n) is 6.30. The van der Waals surface area contributed by atoms with Crippen LogP contribution in [-0.4, -0.2) is 55.1 Å². The largest absolute Gasteiger partial charge is 0.480 e. The molecule has 0 bridgehead atoms. The van der Waals surface area contributed by atoms with Crippen molar-refractivity contribution in [1.29, 1.82) is 0 Å². The van der Waals surface area contributed by atoms with Gasteiger partial charge in [0.05, 0.1) is 12.8 Å². The molecule has 3 aromatic rings. The third-order valence-electron chi connectivity index (χ3n) is 4.57. The number of hydrogen-bond donors (Lipinski definition) is 1. The van der Waals surface area contributed by atoms with E-state index in [1.807, 2.05) is 23.6 Å². The minimum Gasteiger partial charge on any atom is -0.480 e. The van der Waals surface area contributed by atoms with E-state index < -0.39 is 0 Å². The van der Waals surface area contributed by atoms with E-state index in [0.717, 1.165) is 55.3 Å². The van der Waals surface area contributed by atoms with Crippen molar-refractivity contribution in [2.24, 2.45) is 0 Å². The molecule has 1 aliphatic heterocycles. The summed E-state index contributed by atoms with van der Waals surface area (Å²) in [5.41, 5.74) is 2.97. The fraction of sp³-hybridized carbons (Fsp3) is 0.500. The van der Waals surface area contributed by atoms with Crippen molar-refractivity contribution in [3.63, 3.8) is 0 Å². The van der Waals surface area contributed by atoms with E-state index in [9.17, 15) is 0 Å². The van der Waals surface area contributed by atoms with Crippen LogP contribution in [0.5, 0.6) is 5.88 Å². The van der Waals surface area contributed by atoms with Gasteiger partial charge < -0.3 is 4.74 Å². The molecule has 0 amide bonds. The normalized spacial score (nSPS) is 16.8. The Morgan fingerprint density at radius 1 is 1.25 bits per heavy atom. The molecule has 1 N–H and O–H groups in total. The molecule has 8 heteroatoms. The molecule has 0 spiro atoms. The zero-order valence-corrected chi connectivity index (χ0v) is 13.9. The number of piperidine rings is 1. The van der Waals surface area contributed by atoms with Gasteiger partial charge in [-0.3, -0.25) is 10.00 Å². The second kappa shape index (κ2) is 6.20. The number of aromatic amines is 1. The third-order valence-corrected chi connectivity index (χ3v) is 4.57. The van der Waals surface area contributed by atoms with Crippen molar-refractivity contribution >= 4 is 5.65 Å². The zero-order valence-electron chi connectivity index (χ0n) is 13.9. The van der Waals surface area contributed by atoms with Crippen LogP contribution in [0.4, 0.5) is 0 Å². The van der Waals surface area contributed by atoms with Crippen LogP contribution in [0.2, 0.25) is 0 Å². The van der Waals surface area contributed by atoms with Crippen molar-refractivity contribution < 1.29 is 4.74 Å². The lowest BCUT2D eigenvalue weighted by molar-refractivity contribution is 0.198. The molecule has 126 valence electrons. The molecule has 24 heavy (non-hydrogen) atoms. The Kier molecular flexibility index (Phi) is 3.89. The van der Waals surface area contributed by atoms with Gasteiger partial charge in [-0.25, -0.2) is 0 Å². The summed E-state index contributed by atoms with van der Waals surface area (Å²) in [6, 6.07) is 5.80. The molecule has 1 aliphatic rings. The van der Waals surface area contributed by atoms with E-state index in [0.29, 0.717) is 11.8 Å². The van der Waals surface area contributed by atoms with Gasteiger partial charge in [0, 0.05) is 24.2 Å². The predicted octanol–water partition coefficient (Wildman–Crippen LogP) is 1.54. The van der Waals surface area contributed by atoms with E-state index in [1.54, 1.807) is 7.11 Å². The molecule has 8 nitrogen and oxygen atoms in total. The van der Waals surface area contributed by atoms with Gasteiger partial charge in [0.1, 0.15) is 0 Å². The summed E-state index contributed by atoms with van der Waals surface area (Å²) >= 11 is 0. The molecule has 0 saturated carbocycles. The Labute approximate surface area is 139 Å². The van der Waals surface area contributed by atoms with Crippen molar-refractivity contribution in [3.05, 3.63) is 35.4 Å². The highest BCUT2D eigenvalue weighted by atomic mass is 16.5. The summed E-state index contributed by atoms with van der Waals surface area (Å²) in [4.78, 5) is 2.43. The topological polar surface area (TPSA) is 84.2 Å². The molecule has 1 saturated heterocycles. The van der Waals surface area contributed by atoms with E-state index in [2.05, 4.69) is 36.5 Å². The maximum absolute atomic E-state index is 5.21. The van der Waals surface area contributed by atoms with Crippen LogP contribution in [0.3, 0.4) is 0 Å². The number of aromatic nitrogens is 6. The first kappa shape index (κ1) is 15.1. The number of aryl methyl sites for hydroxylation is 1. The quantitative estimate of drug-likeness (QED) is 0.782. The zero-order chi connectivity index (χ0) is 16.5. The Morgan fingerprint density at radius 2 is 2.08 bits per heavy atom. The molecule has 1 fully saturated rings. The van der Waals surface area contributed by atoms with Crippen LogP contribution in [0, 0.1) is 6.92 Å². The molecule has 0 aromatic carbocycles. The molecular formula is C16H21N7O. The average molecular weight is 327 g/mol. The van der Waals surface area contributed by atoms with Gasteiger partial charge in [-0.15, -0.1) is 15.3 Å². The van der Waals surface area contributed by atoms with E-state index in [-0.39, 0.29) is 0 Å². The van der Waals surface area contributed by atoms with Gasteiger partial charge in [0.15, 0.2) is 11.5 Å². The third kappa shape index (κ3) is 2.84. The lowest BCUT2D eigenvalue weighted by atomic mass is 9.96. The number of nitrogens with zero attached hydrogens (tertiary/aromatic N) is 6. The lowest BCUT2D eigenvalue weighted by Gasteiger charge is -2.30. The standard InChI is InChI=1S/C16H21N7O/c1-11-9-13(18-17-11)10-22-7-5-12(6-8-22)16-20-19-14-3-4-15(24-2)21-23(14)16/h3-4,9,12H,5-8,10H2,1-2H3,(H,17,18). The Morgan fingerprint density at radius 3 is 2.79 bits per heavy atom. The monoisotopic (exact) mass is 327 g/mol. The number of hydrogen-bond acceptors (Lipinski definition) is 6. The number of rotatable bonds is 4. The smallest absolute Gasteiger partial charge is 0.231 e. The van der Waals surface area contributed by atoms with Gasteiger partial charge in [-0.2, -0.15) is 9.61 Å². The summed E-state index contributed by atoms with van der Waals surface area (Å²) < 4.78 is 7.03. The Bertz CT molecular complexity index is 832. The first-order valence-electron chi connectivity index (χ1n) is 8.22. The van der Waals surface area contributed by atoms with Gasteiger partial charge in [0.2, 0.25) is 5.88 Å². The van der Waals surface area contributed by atoms with Crippen LogP contribution < -0.4 is 4.74 Å². The van der Waals surface area contributed by atoms with Gasteiger partial charge in [-0.1, -0.05) is 0 Å². The highest BCUT2D eigenvalue weighted by Crippen LogP contribution is 2.27. The van der Waals surface area contributed by atoms with Gasteiger partial charge in [-0.05, 0) is 45.0 Å². The molecule has 0 unspecified atom stereocenters. The Balaban J connectivity index is 1.45. The van der Waals surface area contributed by atoms with Crippen LogP contribution in [-0.2, 0) is 6.54 Å². The number of methoxy groups -OCH3 is 1. The molecule has 3 aromatic heterocycles. The van der Waals surface area contributed by atoms with Crippen LogP contribution >= 0.6 is 0 Å². The number of likely N-dealkylation sites (tertiary alicyclic amines) is 1. The number of ether oxygens (including phenoxy) is 1. The van der Waals surface area contributed by atoms with Crippen molar-refractivity contribution in [1.82, 2.24) is 34.9 Å². The molecule has 4 heterocycles. The summed E-state index contributed by atoms with van der Waals surface area (Å²) in [6.45, 7) is 4.97. The van der Waals surface area contributed by atoms with Crippen molar-refractivity contribution in [2.75, 3.05) is 20.2 Å². The van der Waals surface area contributed by atoms with Crippen molar-refractivity contribution in [2.45, 2.75) is 32.2 Å². The maximum Gasteiger partial charge on any atom is 0.231 e. The molecule has 0 atom stereocenters. The first-order valence-corrected chi connectivity index (χ1v) is 8.22. The molecule has 0 aliphatic carbocycles. The minimum absolute atomic E-state index is 0.372. The van der Waals surface area contributed by atoms with Crippen molar-refractivity contribution in [3.8, 4) is 5.88 Å². The van der Waals surface area contributed by atoms with Gasteiger partial charge >= 0.3 is 0 Å². The van der Waals surface area contributed by atoms with E-state index in [4.69, 9.17) is 4.74 Å². The van der Waals surface area contributed by atoms with Gasteiger partial charge in [0.25, 0.3) is 0 Å². The molecular weight excluding hydrogens is 306 g/mol. The van der Waals surface area contributed by atoms with E-state index >= 15 is 0 Å². The predicted molar refractivity (Wildman–Crippen MR) is 87.9 cm³/mol.